The first-order chi connectivity index (χ1) is 7.29. The molecular formula is C11H13NO3. The smallest absolute Gasteiger partial charge is 0.407 e. The molecule has 1 saturated heterocycles. The number of benzene rings is 1. The zero-order valence-electron chi connectivity index (χ0n) is 8.53. The highest BCUT2D eigenvalue weighted by molar-refractivity contribution is 5.70. The van der Waals surface area contributed by atoms with Crippen molar-refractivity contribution in [3.8, 4) is 5.75 Å². The van der Waals surface area contributed by atoms with Gasteiger partial charge in [0.25, 0.3) is 0 Å². The van der Waals surface area contributed by atoms with Gasteiger partial charge in [-0.2, -0.15) is 0 Å². The van der Waals surface area contributed by atoms with E-state index in [1.807, 2.05) is 31.2 Å². The molecule has 4 nitrogen and oxygen atoms in total. The average molecular weight is 207 g/mol. The van der Waals surface area contributed by atoms with Crippen molar-refractivity contribution in [2.75, 3.05) is 13.2 Å². The normalized spacial score (nSPS) is 19.5. The van der Waals surface area contributed by atoms with Gasteiger partial charge in [-0.1, -0.05) is 12.1 Å². The third-order valence-corrected chi connectivity index (χ3v) is 2.27. The molecule has 1 aromatic carbocycles. The molecule has 0 aliphatic carbocycles. The van der Waals surface area contributed by atoms with Gasteiger partial charge in [0.1, 0.15) is 12.4 Å². The highest BCUT2D eigenvalue weighted by atomic mass is 16.6. The first kappa shape index (κ1) is 9.83. The van der Waals surface area contributed by atoms with Crippen molar-refractivity contribution >= 4 is 6.09 Å². The molecule has 1 amide bonds. The summed E-state index contributed by atoms with van der Waals surface area (Å²) in [5.74, 6) is 0.839. The molecule has 0 saturated carbocycles. The lowest BCUT2D eigenvalue weighted by atomic mass is 10.1. The Morgan fingerprint density at radius 3 is 2.73 bits per heavy atom. The Balaban J connectivity index is 2.06. The van der Waals surface area contributed by atoms with Crippen LogP contribution in [0, 0.1) is 0 Å². The summed E-state index contributed by atoms with van der Waals surface area (Å²) in [6.45, 7) is 2.99. The molecule has 0 unspecified atom stereocenters. The molecular weight excluding hydrogens is 194 g/mol. The van der Waals surface area contributed by atoms with Gasteiger partial charge in [0.2, 0.25) is 0 Å². The second-order valence-electron chi connectivity index (χ2n) is 3.30. The van der Waals surface area contributed by atoms with Crippen LogP contribution < -0.4 is 10.1 Å². The Labute approximate surface area is 88.2 Å². The van der Waals surface area contributed by atoms with Gasteiger partial charge in [-0.25, -0.2) is 4.79 Å². The number of amides is 1. The van der Waals surface area contributed by atoms with Crippen LogP contribution in [0.5, 0.6) is 5.75 Å². The van der Waals surface area contributed by atoms with Crippen LogP contribution in [0.25, 0.3) is 0 Å². The van der Waals surface area contributed by atoms with Crippen LogP contribution in [0.2, 0.25) is 0 Å². The summed E-state index contributed by atoms with van der Waals surface area (Å²) in [6.07, 6.45) is -0.353. The standard InChI is InChI=1S/C11H13NO3/c1-2-14-9-5-3-8(4-6-9)10-7-15-11(13)12-10/h3-6,10H,2,7H2,1H3,(H,12,13)/t10-/m1/s1. The summed E-state index contributed by atoms with van der Waals surface area (Å²) < 4.78 is 10.1. The van der Waals surface area contributed by atoms with Crippen molar-refractivity contribution in [2.24, 2.45) is 0 Å². The summed E-state index contributed by atoms with van der Waals surface area (Å²) in [4.78, 5) is 10.8. The molecule has 0 bridgehead atoms. The van der Waals surface area contributed by atoms with E-state index in [4.69, 9.17) is 9.47 Å². The summed E-state index contributed by atoms with van der Waals surface area (Å²) >= 11 is 0. The third-order valence-electron chi connectivity index (χ3n) is 2.27. The van der Waals surface area contributed by atoms with Crippen LogP contribution in [-0.4, -0.2) is 19.3 Å². The number of hydrogen-bond acceptors (Lipinski definition) is 3. The van der Waals surface area contributed by atoms with Gasteiger partial charge < -0.3 is 14.8 Å². The van der Waals surface area contributed by atoms with Gasteiger partial charge in [0.15, 0.2) is 0 Å². The second kappa shape index (κ2) is 4.21. The van der Waals surface area contributed by atoms with E-state index in [0.29, 0.717) is 13.2 Å². The number of hydrogen-bond donors (Lipinski definition) is 1. The lowest BCUT2D eigenvalue weighted by molar-refractivity contribution is 0.177. The summed E-state index contributed by atoms with van der Waals surface area (Å²) in [7, 11) is 0. The SMILES string of the molecule is CCOc1ccc([C@H]2COC(=O)N2)cc1. The minimum absolute atomic E-state index is 0.0341. The van der Waals surface area contributed by atoms with E-state index in [-0.39, 0.29) is 12.1 Å². The van der Waals surface area contributed by atoms with Crippen LogP contribution in [0.3, 0.4) is 0 Å². The second-order valence-corrected chi connectivity index (χ2v) is 3.30. The predicted octanol–water partition coefficient (Wildman–Crippen LogP) is 1.87. The van der Waals surface area contributed by atoms with E-state index in [1.165, 1.54) is 0 Å². The van der Waals surface area contributed by atoms with E-state index in [1.54, 1.807) is 0 Å². The van der Waals surface area contributed by atoms with Gasteiger partial charge in [0.05, 0.1) is 12.6 Å². The lowest BCUT2D eigenvalue weighted by Gasteiger charge is -2.08. The first-order valence-electron chi connectivity index (χ1n) is 4.95. The number of cyclic esters (lactones) is 1. The maximum atomic E-state index is 10.8. The van der Waals surface area contributed by atoms with Crippen LogP contribution in [0.1, 0.15) is 18.5 Å². The maximum Gasteiger partial charge on any atom is 0.407 e. The van der Waals surface area contributed by atoms with E-state index in [2.05, 4.69) is 5.32 Å². The van der Waals surface area contributed by atoms with E-state index in [0.717, 1.165) is 11.3 Å². The highest BCUT2D eigenvalue weighted by Gasteiger charge is 2.23. The van der Waals surface area contributed by atoms with Crippen molar-refractivity contribution in [1.29, 1.82) is 0 Å². The van der Waals surface area contributed by atoms with E-state index >= 15 is 0 Å². The Bertz CT molecular complexity index is 347. The van der Waals surface area contributed by atoms with Crippen molar-refractivity contribution in [3.63, 3.8) is 0 Å². The van der Waals surface area contributed by atoms with Crippen LogP contribution in [0.4, 0.5) is 4.79 Å². The number of ether oxygens (including phenoxy) is 2. The molecule has 0 spiro atoms. The fourth-order valence-corrected chi connectivity index (χ4v) is 1.53. The molecule has 1 aromatic rings. The summed E-state index contributed by atoms with van der Waals surface area (Å²) in [5, 5.41) is 2.72. The molecule has 1 aliphatic rings. The molecule has 1 fully saturated rings. The molecule has 0 radical (unpaired) electrons. The molecule has 1 heterocycles. The Hall–Kier alpha value is -1.71. The fourth-order valence-electron chi connectivity index (χ4n) is 1.53. The Kier molecular flexibility index (Phi) is 2.76. The fraction of sp³-hybridized carbons (Fsp3) is 0.364. The minimum Gasteiger partial charge on any atom is -0.494 e. The highest BCUT2D eigenvalue weighted by Crippen LogP contribution is 2.20. The number of nitrogens with one attached hydrogen (secondary N) is 1. The first-order valence-corrected chi connectivity index (χ1v) is 4.95. The maximum absolute atomic E-state index is 10.8. The topological polar surface area (TPSA) is 47.6 Å². The van der Waals surface area contributed by atoms with Gasteiger partial charge in [0, 0.05) is 0 Å². The largest absolute Gasteiger partial charge is 0.494 e. The molecule has 0 aromatic heterocycles. The zero-order valence-corrected chi connectivity index (χ0v) is 8.53. The molecule has 2 rings (SSSR count). The monoisotopic (exact) mass is 207 g/mol. The minimum atomic E-state index is -0.353. The molecule has 1 N–H and O–H groups in total. The van der Waals surface area contributed by atoms with Crippen molar-refractivity contribution in [1.82, 2.24) is 5.32 Å². The van der Waals surface area contributed by atoms with Gasteiger partial charge in [-0.15, -0.1) is 0 Å². The Morgan fingerprint density at radius 1 is 1.47 bits per heavy atom. The van der Waals surface area contributed by atoms with Crippen LogP contribution >= 0.6 is 0 Å². The van der Waals surface area contributed by atoms with Gasteiger partial charge in [-0.3, -0.25) is 0 Å². The van der Waals surface area contributed by atoms with E-state index in [9.17, 15) is 4.79 Å². The lowest BCUT2D eigenvalue weighted by Crippen LogP contribution is -2.18. The quantitative estimate of drug-likeness (QED) is 0.823. The third kappa shape index (κ3) is 2.21. The van der Waals surface area contributed by atoms with Gasteiger partial charge >= 0.3 is 6.09 Å². The zero-order chi connectivity index (χ0) is 10.7. The number of rotatable bonds is 3. The predicted molar refractivity (Wildman–Crippen MR) is 54.8 cm³/mol. The van der Waals surface area contributed by atoms with E-state index < -0.39 is 0 Å². The number of alkyl carbamates (subject to hydrolysis) is 1. The number of carbonyl (C=O) groups excluding carboxylic acids is 1. The van der Waals surface area contributed by atoms with Crippen LogP contribution in [0.15, 0.2) is 24.3 Å². The molecule has 1 aliphatic heterocycles. The van der Waals surface area contributed by atoms with Crippen molar-refractivity contribution in [2.45, 2.75) is 13.0 Å². The molecule has 1 atom stereocenters. The molecule has 80 valence electrons. The number of carbonyl (C=O) groups is 1. The average Bonchev–Trinajstić information content (AvgIpc) is 2.67. The van der Waals surface area contributed by atoms with Crippen molar-refractivity contribution < 1.29 is 14.3 Å². The van der Waals surface area contributed by atoms with Crippen LogP contribution in [-0.2, 0) is 4.74 Å². The molecule has 15 heavy (non-hydrogen) atoms. The molecule has 4 heteroatoms. The summed E-state index contributed by atoms with van der Waals surface area (Å²) in [5.41, 5.74) is 1.03. The summed E-state index contributed by atoms with van der Waals surface area (Å²) in [6, 6.07) is 7.62. The van der Waals surface area contributed by atoms with Crippen molar-refractivity contribution in [3.05, 3.63) is 29.8 Å². The van der Waals surface area contributed by atoms with Gasteiger partial charge in [-0.05, 0) is 24.6 Å². The Morgan fingerprint density at radius 2 is 2.20 bits per heavy atom.